The summed E-state index contributed by atoms with van der Waals surface area (Å²) in [6, 6.07) is -0.220. The van der Waals surface area contributed by atoms with Crippen molar-refractivity contribution in [2.24, 2.45) is 0 Å². The highest BCUT2D eigenvalue weighted by Crippen LogP contribution is 2.12. The van der Waals surface area contributed by atoms with E-state index >= 15 is 0 Å². The first-order valence-corrected chi connectivity index (χ1v) is 7.61. The molecule has 20 heavy (non-hydrogen) atoms. The number of thioether (sulfide) groups is 1. The Morgan fingerprint density at radius 2 is 2.30 bits per heavy atom. The van der Waals surface area contributed by atoms with E-state index in [1.54, 1.807) is 18.0 Å². The first-order valence-electron chi connectivity index (χ1n) is 6.22. The van der Waals surface area contributed by atoms with E-state index in [0.29, 0.717) is 23.3 Å². The molecule has 0 fully saturated rings. The highest BCUT2D eigenvalue weighted by molar-refractivity contribution is 7.98. The average Bonchev–Trinajstić information content (AvgIpc) is 2.87. The van der Waals surface area contributed by atoms with Crippen molar-refractivity contribution in [3.63, 3.8) is 0 Å². The van der Waals surface area contributed by atoms with Gasteiger partial charge in [0, 0.05) is 30.1 Å². The van der Waals surface area contributed by atoms with Crippen LogP contribution in [0, 0.1) is 0 Å². The van der Waals surface area contributed by atoms with Crippen molar-refractivity contribution >= 4 is 22.8 Å². The fourth-order valence-electron chi connectivity index (χ4n) is 1.99. The first kappa shape index (κ1) is 15.0. The Morgan fingerprint density at radius 1 is 1.50 bits per heavy atom. The number of aliphatic hydroxyl groups is 2. The molecule has 0 aromatic carbocycles. The Kier molecular flexibility index (Phi) is 5.18. The van der Waals surface area contributed by atoms with Crippen molar-refractivity contribution in [1.29, 1.82) is 0 Å². The molecule has 2 aromatic rings. The summed E-state index contributed by atoms with van der Waals surface area (Å²) < 4.78 is 0. The smallest absolute Gasteiger partial charge is 0.275 e. The summed E-state index contributed by atoms with van der Waals surface area (Å²) in [6.07, 6.45) is 4.21. The number of nitrogens with one attached hydrogen (secondary N) is 3. The second kappa shape index (κ2) is 6.89. The predicted molar refractivity (Wildman–Crippen MR) is 78.8 cm³/mol. The lowest BCUT2D eigenvalue weighted by atomic mass is 10.2. The number of nitrogens with zero attached hydrogens (tertiary/aromatic N) is 1. The summed E-state index contributed by atoms with van der Waals surface area (Å²) >= 11 is 1.58. The fourth-order valence-corrected chi connectivity index (χ4v) is 2.69. The monoisotopic (exact) mass is 298 g/mol. The van der Waals surface area contributed by atoms with Gasteiger partial charge in [0.1, 0.15) is 5.52 Å². The van der Waals surface area contributed by atoms with Crippen LogP contribution in [0.25, 0.3) is 11.0 Å². The molecule has 0 spiro atoms. The molecule has 0 aliphatic heterocycles. The zero-order valence-corrected chi connectivity index (χ0v) is 11.9. The van der Waals surface area contributed by atoms with Crippen molar-refractivity contribution in [2.45, 2.75) is 18.7 Å². The van der Waals surface area contributed by atoms with Gasteiger partial charge in [0.15, 0.2) is 0 Å². The van der Waals surface area contributed by atoms with Crippen LogP contribution in [-0.4, -0.2) is 55.9 Å². The molecule has 0 aliphatic carbocycles. The van der Waals surface area contributed by atoms with E-state index in [4.69, 9.17) is 5.11 Å². The Hall–Kier alpha value is -1.35. The molecule has 8 heteroatoms. The van der Waals surface area contributed by atoms with Gasteiger partial charge in [-0.2, -0.15) is 11.8 Å². The number of rotatable bonds is 7. The predicted octanol–water partition coefficient (Wildman–Crippen LogP) is -0.574. The van der Waals surface area contributed by atoms with Crippen LogP contribution in [0.2, 0.25) is 0 Å². The zero-order valence-electron chi connectivity index (χ0n) is 11.1. The van der Waals surface area contributed by atoms with Gasteiger partial charge in [-0.1, -0.05) is 0 Å². The molecule has 0 unspecified atom stereocenters. The normalized spacial score (nSPS) is 14.6. The van der Waals surface area contributed by atoms with Crippen molar-refractivity contribution in [3.8, 4) is 0 Å². The van der Waals surface area contributed by atoms with E-state index in [0.717, 1.165) is 5.56 Å². The number of fused-ring (bicyclic) bond motifs is 1. The summed E-state index contributed by atoms with van der Waals surface area (Å²) in [4.78, 5) is 21.1. The van der Waals surface area contributed by atoms with Crippen molar-refractivity contribution < 1.29 is 10.2 Å². The lowest BCUT2D eigenvalue weighted by Crippen LogP contribution is -2.43. The lowest BCUT2D eigenvalue weighted by Gasteiger charge is -2.21. The molecular formula is C12H18N4O3S. The number of aromatic amines is 2. The van der Waals surface area contributed by atoms with Crippen molar-refractivity contribution in [3.05, 3.63) is 28.4 Å². The molecule has 5 N–H and O–H groups in total. The minimum absolute atomic E-state index is 0.211. The van der Waals surface area contributed by atoms with Crippen LogP contribution >= 0.6 is 11.8 Å². The molecule has 0 bridgehead atoms. The first-order chi connectivity index (χ1) is 9.67. The van der Waals surface area contributed by atoms with E-state index in [1.165, 1.54) is 6.33 Å². The maximum atomic E-state index is 11.6. The molecule has 2 atom stereocenters. The summed E-state index contributed by atoms with van der Waals surface area (Å²) in [5.74, 6) is 0.679. The molecule has 110 valence electrons. The fraction of sp³-hybridized carbons (Fsp3) is 0.500. The standard InChI is InChI=1S/C12H18N4O3S/c1-20-5-8(9(18)4-17)13-2-7-3-14-11-10(7)15-6-16-12(11)19/h3,6,8-9,13-14,17-18H,2,4-5H2,1H3,(H,15,16,19)/t8-,9+/m0/s1. The third-order valence-electron chi connectivity index (χ3n) is 3.10. The van der Waals surface area contributed by atoms with Crippen LogP contribution in [0.5, 0.6) is 0 Å². The SMILES string of the molecule is CSC[C@H](NCc1c[nH]c2c(=O)[nH]cnc12)[C@H](O)CO. The molecule has 2 aromatic heterocycles. The Bertz CT molecular complexity index is 612. The van der Waals surface area contributed by atoms with Gasteiger partial charge < -0.3 is 25.5 Å². The van der Waals surface area contributed by atoms with Crippen molar-refractivity contribution in [1.82, 2.24) is 20.3 Å². The molecule has 2 rings (SSSR count). The van der Waals surface area contributed by atoms with Gasteiger partial charge in [-0.05, 0) is 6.26 Å². The highest BCUT2D eigenvalue weighted by Gasteiger charge is 2.18. The number of aliphatic hydroxyl groups excluding tert-OH is 2. The van der Waals surface area contributed by atoms with Gasteiger partial charge in [0.2, 0.25) is 0 Å². The van der Waals surface area contributed by atoms with Gasteiger partial charge in [-0.3, -0.25) is 4.79 Å². The van der Waals surface area contributed by atoms with Crippen LogP contribution < -0.4 is 10.9 Å². The summed E-state index contributed by atoms with van der Waals surface area (Å²) in [5.41, 5.74) is 1.69. The Labute approximate surface area is 119 Å². The van der Waals surface area contributed by atoms with Gasteiger partial charge in [0.25, 0.3) is 5.56 Å². The lowest BCUT2D eigenvalue weighted by molar-refractivity contribution is 0.0689. The molecule has 0 amide bonds. The number of hydrogen-bond acceptors (Lipinski definition) is 6. The van der Waals surface area contributed by atoms with E-state index in [2.05, 4.69) is 20.3 Å². The van der Waals surface area contributed by atoms with Crippen LogP contribution in [-0.2, 0) is 6.54 Å². The molecule has 0 aliphatic rings. The summed E-state index contributed by atoms with van der Waals surface area (Å²) in [6.45, 7) is 0.169. The number of hydrogen-bond donors (Lipinski definition) is 5. The van der Waals surface area contributed by atoms with Gasteiger partial charge >= 0.3 is 0 Å². The van der Waals surface area contributed by atoms with Gasteiger partial charge in [-0.25, -0.2) is 4.98 Å². The van der Waals surface area contributed by atoms with E-state index < -0.39 is 6.10 Å². The largest absolute Gasteiger partial charge is 0.394 e. The second-order valence-electron chi connectivity index (χ2n) is 4.46. The van der Waals surface area contributed by atoms with Crippen LogP contribution in [0.4, 0.5) is 0 Å². The highest BCUT2D eigenvalue weighted by atomic mass is 32.2. The molecule has 0 saturated carbocycles. The van der Waals surface area contributed by atoms with E-state index in [1.807, 2.05) is 6.26 Å². The third kappa shape index (κ3) is 3.21. The summed E-state index contributed by atoms with van der Waals surface area (Å²) in [7, 11) is 0. The molecule has 7 nitrogen and oxygen atoms in total. The van der Waals surface area contributed by atoms with Crippen molar-refractivity contribution in [2.75, 3.05) is 18.6 Å². The molecular weight excluding hydrogens is 280 g/mol. The zero-order chi connectivity index (χ0) is 14.5. The third-order valence-corrected chi connectivity index (χ3v) is 3.79. The Morgan fingerprint density at radius 3 is 3.00 bits per heavy atom. The number of H-pyrrole nitrogens is 2. The summed E-state index contributed by atoms with van der Waals surface area (Å²) in [5, 5.41) is 21.9. The average molecular weight is 298 g/mol. The molecule has 0 radical (unpaired) electrons. The van der Waals surface area contributed by atoms with Crippen LogP contribution in [0.15, 0.2) is 17.3 Å². The minimum Gasteiger partial charge on any atom is -0.394 e. The van der Waals surface area contributed by atoms with Crippen LogP contribution in [0.3, 0.4) is 0 Å². The van der Waals surface area contributed by atoms with E-state index in [9.17, 15) is 9.90 Å². The maximum Gasteiger partial charge on any atom is 0.275 e. The molecule has 0 saturated heterocycles. The van der Waals surface area contributed by atoms with E-state index in [-0.39, 0.29) is 18.2 Å². The van der Waals surface area contributed by atoms with Gasteiger partial charge in [0.05, 0.1) is 24.6 Å². The Balaban J connectivity index is 2.12. The molecule has 2 heterocycles. The minimum atomic E-state index is -0.816. The quantitative estimate of drug-likeness (QED) is 0.467. The maximum absolute atomic E-state index is 11.6. The number of aromatic nitrogens is 3. The van der Waals surface area contributed by atoms with Crippen LogP contribution in [0.1, 0.15) is 5.56 Å². The van der Waals surface area contributed by atoms with Gasteiger partial charge in [-0.15, -0.1) is 0 Å². The topological polar surface area (TPSA) is 114 Å². The second-order valence-corrected chi connectivity index (χ2v) is 5.37.